The molecular weight excluding hydrogens is 250 g/mol. The highest BCUT2D eigenvalue weighted by molar-refractivity contribution is 5.93. The minimum atomic E-state index is -0.853. The van der Waals surface area contributed by atoms with Crippen molar-refractivity contribution < 1.29 is 23.9 Å². The summed E-state index contributed by atoms with van der Waals surface area (Å²) in [5, 5.41) is 0. The van der Waals surface area contributed by atoms with Crippen LogP contribution in [0.5, 0.6) is 0 Å². The molecule has 19 heavy (non-hydrogen) atoms. The van der Waals surface area contributed by atoms with Crippen molar-refractivity contribution in [2.45, 2.75) is 25.7 Å². The first-order chi connectivity index (χ1) is 9.22. The van der Waals surface area contributed by atoms with Crippen molar-refractivity contribution in [3.8, 4) is 0 Å². The van der Waals surface area contributed by atoms with Gasteiger partial charge in [-0.3, -0.25) is 9.59 Å². The molecule has 6 nitrogen and oxygen atoms in total. The Morgan fingerprint density at radius 1 is 1.37 bits per heavy atom. The predicted molar refractivity (Wildman–Crippen MR) is 63.6 cm³/mol. The molecule has 0 spiro atoms. The summed E-state index contributed by atoms with van der Waals surface area (Å²) in [6, 6.07) is 9.10. The van der Waals surface area contributed by atoms with Gasteiger partial charge in [0.2, 0.25) is 5.91 Å². The van der Waals surface area contributed by atoms with Gasteiger partial charge < -0.3 is 9.47 Å². The third-order valence-corrected chi connectivity index (χ3v) is 2.78. The molecule has 1 fully saturated rings. The van der Waals surface area contributed by atoms with Gasteiger partial charge in [-0.2, -0.15) is 0 Å². The Morgan fingerprint density at radius 2 is 2.11 bits per heavy atom. The average molecular weight is 263 g/mol. The number of carbonyl (C=O) groups is 3. The van der Waals surface area contributed by atoms with Gasteiger partial charge in [0.1, 0.15) is 6.61 Å². The molecule has 1 aliphatic rings. The number of hydrogen-bond donors (Lipinski definition) is 0. The molecule has 1 aromatic carbocycles. The van der Waals surface area contributed by atoms with Gasteiger partial charge in [0, 0.05) is 12.8 Å². The van der Waals surface area contributed by atoms with Gasteiger partial charge in [-0.15, -0.1) is 0 Å². The van der Waals surface area contributed by atoms with E-state index >= 15 is 0 Å². The quantitative estimate of drug-likeness (QED) is 0.768. The summed E-state index contributed by atoms with van der Waals surface area (Å²) >= 11 is 0. The smallest absolute Gasteiger partial charge is 0.419 e. The molecule has 1 saturated heterocycles. The molecule has 2 amide bonds. The lowest BCUT2D eigenvalue weighted by atomic mass is 10.2. The Kier molecular flexibility index (Phi) is 4.12. The standard InChI is InChI=1S/C13H13NO5/c15-9-19-12-7-6-11(16)14(12)13(17)18-8-10-4-2-1-3-5-10/h1-5,9,12H,6-8H2/t12-/m1/s1. The maximum Gasteiger partial charge on any atom is 0.419 e. The summed E-state index contributed by atoms with van der Waals surface area (Å²) in [7, 11) is 0. The lowest BCUT2D eigenvalue weighted by molar-refractivity contribution is -0.144. The molecule has 0 unspecified atom stereocenters. The first-order valence-corrected chi connectivity index (χ1v) is 5.84. The molecule has 1 heterocycles. The van der Waals surface area contributed by atoms with Gasteiger partial charge in [-0.25, -0.2) is 9.69 Å². The molecule has 0 aliphatic carbocycles. The third-order valence-electron chi connectivity index (χ3n) is 2.78. The second-order valence-electron chi connectivity index (χ2n) is 4.03. The highest BCUT2D eigenvalue weighted by Gasteiger charge is 2.38. The molecule has 6 heteroatoms. The van der Waals surface area contributed by atoms with Crippen LogP contribution < -0.4 is 0 Å². The van der Waals surface area contributed by atoms with Gasteiger partial charge in [0.15, 0.2) is 6.23 Å². The normalized spacial score (nSPS) is 18.2. The van der Waals surface area contributed by atoms with Crippen LogP contribution in [0, 0.1) is 0 Å². The Balaban J connectivity index is 1.94. The number of nitrogens with zero attached hydrogens (tertiary/aromatic N) is 1. The largest absolute Gasteiger partial charge is 0.444 e. The van der Waals surface area contributed by atoms with E-state index in [2.05, 4.69) is 4.74 Å². The summed E-state index contributed by atoms with van der Waals surface area (Å²) in [4.78, 5) is 34.5. The van der Waals surface area contributed by atoms with Crippen molar-refractivity contribution in [2.24, 2.45) is 0 Å². The minimum Gasteiger partial charge on any atom is -0.444 e. The summed E-state index contributed by atoms with van der Waals surface area (Å²) in [6.45, 7) is 0.290. The fourth-order valence-electron chi connectivity index (χ4n) is 1.86. The van der Waals surface area contributed by atoms with E-state index in [1.54, 1.807) is 12.1 Å². The second kappa shape index (κ2) is 5.99. The van der Waals surface area contributed by atoms with E-state index in [-0.39, 0.29) is 19.5 Å². The first-order valence-electron chi connectivity index (χ1n) is 5.84. The van der Waals surface area contributed by atoms with Crippen molar-refractivity contribution in [3.05, 3.63) is 35.9 Å². The Hall–Kier alpha value is -2.37. The molecule has 100 valence electrons. The van der Waals surface area contributed by atoms with Crippen LogP contribution in [0.1, 0.15) is 18.4 Å². The number of benzene rings is 1. The van der Waals surface area contributed by atoms with Crippen LogP contribution in [-0.4, -0.2) is 29.6 Å². The van der Waals surface area contributed by atoms with Crippen LogP contribution in [0.4, 0.5) is 4.79 Å². The van der Waals surface area contributed by atoms with E-state index < -0.39 is 18.2 Å². The van der Waals surface area contributed by atoms with Crippen molar-refractivity contribution >= 4 is 18.5 Å². The van der Waals surface area contributed by atoms with Gasteiger partial charge in [-0.1, -0.05) is 30.3 Å². The Labute approximate surface area is 109 Å². The summed E-state index contributed by atoms with van der Waals surface area (Å²) in [5.74, 6) is -0.398. The summed E-state index contributed by atoms with van der Waals surface area (Å²) in [6.07, 6.45) is -1.18. The molecule has 0 radical (unpaired) electrons. The molecule has 0 aromatic heterocycles. The topological polar surface area (TPSA) is 72.9 Å². The van der Waals surface area contributed by atoms with E-state index in [1.807, 2.05) is 18.2 Å². The summed E-state index contributed by atoms with van der Waals surface area (Å²) in [5.41, 5.74) is 0.815. The highest BCUT2D eigenvalue weighted by Crippen LogP contribution is 2.20. The zero-order valence-electron chi connectivity index (χ0n) is 10.2. The molecular formula is C13H13NO5. The fraction of sp³-hybridized carbons (Fsp3) is 0.308. The molecule has 1 aliphatic heterocycles. The van der Waals surface area contributed by atoms with Crippen LogP contribution in [0.3, 0.4) is 0 Å². The van der Waals surface area contributed by atoms with E-state index in [0.717, 1.165) is 10.5 Å². The van der Waals surface area contributed by atoms with Gasteiger partial charge in [0.25, 0.3) is 6.47 Å². The van der Waals surface area contributed by atoms with Crippen molar-refractivity contribution in [1.29, 1.82) is 0 Å². The maximum absolute atomic E-state index is 11.8. The van der Waals surface area contributed by atoms with Crippen molar-refractivity contribution in [3.63, 3.8) is 0 Å². The Bertz CT molecular complexity index is 473. The van der Waals surface area contributed by atoms with Crippen LogP contribution >= 0.6 is 0 Å². The van der Waals surface area contributed by atoms with E-state index in [0.29, 0.717) is 6.42 Å². The molecule has 1 atom stereocenters. The zero-order chi connectivity index (χ0) is 13.7. The SMILES string of the molecule is O=CO[C@@H]1CCC(=O)N1C(=O)OCc1ccccc1. The monoisotopic (exact) mass is 263 g/mol. The number of imide groups is 1. The van der Waals surface area contributed by atoms with Crippen LogP contribution in [0.2, 0.25) is 0 Å². The second-order valence-corrected chi connectivity index (χ2v) is 4.03. The molecule has 0 bridgehead atoms. The number of ether oxygens (including phenoxy) is 2. The van der Waals surface area contributed by atoms with E-state index in [1.165, 1.54) is 0 Å². The lowest BCUT2D eigenvalue weighted by Gasteiger charge is -2.20. The van der Waals surface area contributed by atoms with Crippen molar-refractivity contribution in [1.82, 2.24) is 4.90 Å². The van der Waals surface area contributed by atoms with Crippen LogP contribution in [0.25, 0.3) is 0 Å². The lowest BCUT2D eigenvalue weighted by Crippen LogP contribution is -2.40. The van der Waals surface area contributed by atoms with E-state index in [9.17, 15) is 14.4 Å². The number of amides is 2. The van der Waals surface area contributed by atoms with Crippen LogP contribution in [0.15, 0.2) is 30.3 Å². The van der Waals surface area contributed by atoms with Gasteiger partial charge in [-0.05, 0) is 5.56 Å². The fourth-order valence-corrected chi connectivity index (χ4v) is 1.86. The number of rotatable bonds is 4. The minimum absolute atomic E-state index is 0.0667. The average Bonchev–Trinajstić information content (AvgIpc) is 2.79. The Morgan fingerprint density at radius 3 is 2.79 bits per heavy atom. The number of carbonyl (C=O) groups excluding carboxylic acids is 3. The summed E-state index contributed by atoms with van der Waals surface area (Å²) < 4.78 is 9.71. The van der Waals surface area contributed by atoms with Crippen LogP contribution in [-0.2, 0) is 25.7 Å². The molecule has 0 N–H and O–H groups in total. The third kappa shape index (κ3) is 3.09. The van der Waals surface area contributed by atoms with Gasteiger partial charge in [0.05, 0.1) is 0 Å². The predicted octanol–water partition coefficient (Wildman–Crippen LogP) is 1.44. The highest BCUT2D eigenvalue weighted by atomic mass is 16.6. The molecule has 2 rings (SSSR count). The van der Waals surface area contributed by atoms with Gasteiger partial charge >= 0.3 is 6.09 Å². The maximum atomic E-state index is 11.8. The molecule has 0 saturated carbocycles. The first kappa shape index (κ1) is 13.1. The number of likely N-dealkylation sites (tertiary alicyclic amines) is 1. The van der Waals surface area contributed by atoms with Crippen molar-refractivity contribution in [2.75, 3.05) is 0 Å². The zero-order valence-corrected chi connectivity index (χ0v) is 10.2. The molecule has 1 aromatic rings. The van der Waals surface area contributed by atoms with E-state index in [4.69, 9.17) is 4.74 Å². The number of hydrogen-bond acceptors (Lipinski definition) is 5.